The van der Waals surface area contributed by atoms with Crippen LogP contribution in [0.3, 0.4) is 0 Å². The zero-order valence-electron chi connectivity index (χ0n) is 13.1. The lowest BCUT2D eigenvalue weighted by Crippen LogP contribution is -2.26. The van der Waals surface area contributed by atoms with E-state index in [1.54, 1.807) is 0 Å². The van der Waals surface area contributed by atoms with Crippen molar-refractivity contribution in [2.24, 2.45) is 0 Å². The Balaban J connectivity index is 2.39. The van der Waals surface area contributed by atoms with Gasteiger partial charge < -0.3 is 5.32 Å². The van der Waals surface area contributed by atoms with Gasteiger partial charge in [0.2, 0.25) is 0 Å². The Labute approximate surface area is 135 Å². The third kappa shape index (κ3) is 3.95. The highest BCUT2D eigenvalue weighted by molar-refractivity contribution is 9.10. The standard InChI is InChI=1S/C17H24BrN3/c1-4-9-19-17(14-7-6-13(3)12-15(14)18)16-8-10-20-21(16)11-5-2/h6-8,10,12,17,19H,4-5,9,11H2,1-3H3. The smallest absolute Gasteiger partial charge is 0.0759 e. The minimum absolute atomic E-state index is 0.175. The fraction of sp³-hybridized carbons (Fsp3) is 0.471. The van der Waals surface area contributed by atoms with Crippen LogP contribution >= 0.6 is 15.9 Å². The van der Waals surface area contributed by atoms with Crippen LogP contribution in [0, 0.1) is 6.92 Å². The Morgan fingerprint density at radius 1 is 1.24 bits per heavy atom. The molecular weight excluding hydrogens is 326 g/mol. The lowest BCUT2D eigenvalue weighted by Gasteiger charge is -2.22. The molecule has 1 N–H and O–H groups in total. The second-order valence-corrected chi connectivity index (χ2v) is 6.25. The highest BCUT2D eigenvalue weighted by atomic mass is 79.9. The van der Waals surface area contributed by atoms with Crippen LogP contribution in [0.4, 0.5) is 0 Å². The summed E-state index contributed by atoms with van der Waals surface area (Å²) in [4.78, 5) is 0. The molecule has 0 amide bonds. The fourth-order valence-electron chi connectivity index (χ4n) is 2.52. The first-order valence-corrected chi connectivity index (χ1v) is 8.47. The van der Waals surface area contributed by atoms with Crippen LogP contribution < -0.4 is 5.32 Å². The van der Waals surface area contributed by atoms with Gasteiger partial charge in [-0.1, -0.05) is 41.9 Å². The number of hydrogen-bond acceptors (Lipinski definition) is 2. The topological polar surface area (TPSA) is 29.9 Å². The van der Waals surface area contributed by atoms with E-state index in [9.17, 15) is 0 Å². The first-order chi connectivity index (χ1) is 10.2. The Morgan fingerprint density at radius 2 is 2.05 bits per heavy atom. The minimum atomic E-state index is 0.175. The molecular formula is C17H24BrN3. The summed E-state index contributed by atoms with van der Waals surface area (Å²) in [6.07, 6.45) is 4.10. The van der Waals surface area contributed by atoms with Crippen LogP contribution in [0.1, 0.15) is 49.6 Å². The number of aryl methyl sites for hydroxylation is 2. The number of aromatic nitrogens is 2. The molecule has 0 saturated heterocycles. The summed E-state index contributed by atoms with van der Waals surface area (Å²) in [5.41, 5.74) is 3.77. The molecule has 1 aromatic carbocycles. The van der Waals surface area contributed by atoms with E-state index in [-0.39, 0.29) is 6.04 Å². The maximum atomic E-state index is 4.47. The van der Waals surface area contributed by atoms with E-state index < -0.39 is 0 Å². The van der Waals surface area contributed by atoms with E-state index in [0.29, 0.717) is 0 Å². The second kappa shape index (κ2) is 7.76. The van der Waals surface area contributed by atoms with Crippen molar-refractivity contribution in [2.45, 2.75) is 46.2 Å². The van der Waals surface area contributed by atoms with Gasteiger partial charge in [0.25, 0.3) is 0 Å². The van der Waals surface area contributed by atoms with E-state index in [2.05, 4.69) is 76.1 Å². The van der Waals surface area contributed by atoms with Crippen LogP contribution in [0.15, 0.2) is 34.9 Å². The number of halogens is 1. The van der Waals surface area contributed by atoms with Gasteiger partial charge in [-0.05, 0) is 49.6 Å². The molecule has 0 aliphatic rings. The maximum Gasteiger partial charge on any atom is 0.0759 e. The van der Waals surface area contributed by atoms with Crippen LogP contribution in [-0.2, 0) is 6.54 Å². The molecule has 0 aliphatic carbocycles. The van der Waals surface area contributed by atoms with Gasteiger partial charge in [-0.3, -0.25) is 4.68 Å². The van der Waals surface area contributed by atoms with Gasteiger partial charge in [-0.2, -0.15) is 5.10 Å². The molecule has 0 fully saturated rings. The Bertz CT molecular complexity index is 577. The molecule has 0 aliphatic heterocycles. The molecule has 2 rings (SSSR count). The summed E-state index contributed by atoms with van der Waals surface area (Å²) in [6, 6.07) is 8.84. The van der Waals surface area contributed by atoms with E-state index in [0.717, 1.165) is 30.4 Å². The van der Waals surface area contributed by atoms with Gasteiger partial charge in [0.05, 0.1) is 11.7 Å². The van der Waals surface area contributed by atoms with Gasteiger partial charge in [-0.25, -0.2) is 0 Å². The SMILES string of the molecule is CCCNC(c1ccc(C)cc1Br)c1ccnn1CCC. The summed E-state index contributed by atoms with van der Waals surface area (Å²) < 4.78 is 3.26. The molecule has 3 nitrogen and oxygen atoms in total. The summed E-state index contributed by atoms with van der Waals surface area (Å²) in [5.74, 6) is 0. The number of hydrogen-bond donors (Lipinski definition) is 1. The molecule has 4 heteroatoms. The lowest BCUT2D eigenvalue weighted by atomic mass is 10.0. The third-order valence-corrected chi connectivity index (χ3v) is 4.23. The molecule has 1 atom stereocenters. The van der Waals surface area contributed by atoms with Crippen molar-refractivity contribution in [3.63, 3.8) is 0 Å². The van der Waals surface area contributed by atoms with Gasteiger partial charge in [0, 0.05) is 17.2 Å². The van der Waals surface area contributed by atoms with Gasteiger partial charge in [0.15, 0.2) is 0 Å². The molecule has 0 saturated carbocycles. The average molecular weight is 350 g/mol. The normalized spacial score (nSPS) is 12.6. The van der Waals surface area contributed by atoms with Crippen molar-refractivity contribution in [3.8, 4) is 0 Å². The third-order valence-electron chi connectivity index (χ3n) is 3.55. The van der Waals surface area contributed by atoms with E-state index in [4.69, 9.17) is 0 Å². The zero-order valence-corrected chi connectivity index (χ0v) is 14.7. The summed E-state index contributed by atoms with van der Waals surface area (Å²) in [5, 5.41) is 8.13. The molecule has 0 spiro atoms. The highest BCUT2D eigenvalue weighted by Gasteiger charge is 2.19. The number of nitrogens with one attached hydrogen (secondary N) is 1. The zero-order chi connectivity index (χ0) is 15.2. The van der Waals surface area contributed by atoms with Crippen LogP contribution in [-0.4, -0.2) is 16.3 Å². The van der Waals surface area contributed by atoms with Gasteiger partial charge in [-0.15, -0.1) is 0 Å². The molecule has 1 unspecified atom stereocenters. The molecule has 1 heterocycles. The quantitative estimate of drug-likeness (QED) is 0.799. The molecule has 1 aromatic heterocycles. The van der Waals surface area contributed by atoms with Crippen LogP contribution in [0.25, 0.3) is 0 Å². The highest BCUT2D eigenvalue weighted by Crippen LogP contribution is 2.29. The summed E-state index contributed by atoms with van der Waals surface area (Å²) >= 11 is 3.72. The molecule has 21 heavy (non-hydrogen) atoms. The first kappa shape index (κ1) is 16.2. The molecule has 2 aromatic rings. The number of rotatable bonds is 7. The summed E-state index contributed by atoms with van der Waals surface area (Å²) in [7, 11) is 0. The monoisotopic (exact) mass is 349 g/mol. The minimum Gasteiger partial charge on any atom is -0.305 e. The molecule has 114 valence electrons. The second-order valence-electron chi connectivity index (χ2n) is 5.39. The van der Waals surface area contributed by atoms with Crippen molar-refractivity contribution < 1.29 is 0 Å². The predicted molar refractivity (Wildman–Crippen MR) is 91.5 cm³/mol. The largest absolute Gasteiger partial charge is 0.305 e. The summed E-state index contributed by atoms with van der Waals surface area (Å²) in [6.45, 7) is 8.43. The van der Waals surface area contributed by atoms with Crippen molar-refractivity contribution in [1.29, 1.82) is 0 Å². The van der Waals surface area contributed by atoms with Crippen LogP contribution in [0.5, 0.6) is 0 Å². The predicted octanol–water partition coefficient (Wildman–Crippen LogP) is 4.45. The molecule has 0 bridgehead atoms. The van der Waals surface area contributed by atoms with Gasteiger partial charge in [0.1, 0.15) is 0 Å². The van der Waals surface area contributed by atoms with Crippen molar-refractivity contribution >= 4 is 15.9 Å². The molecule has 0 radical (unpaired) electrons. The van der Waals surface area contributed by atoms with Crippen molar-refractivity contribution in [2.75, 3.05) is 6.54 Å². The van der Waals surface area contributed by atoms with E-state index >= 15 is 0 Å². The first-order valence-electron chi connectivity index (χ1n) is 7.68. The van der Waals surface area contributed by atoms with Crippen molar-refractivity contribution in [3.05, 3.63) is 51.8 Å². The van der Waals surface area contributed by atoms with Gasteiger partial charge >= 0.3 is 0 Å². The Kier molecular flexibility index (Phi) is 6.00. The number of nitrogens with zero attached hydrogens (tertiary/aromatic N) is 2. The van der Waals surface area contributed by atoms with E-state index in [1.165, 1.54) is 16.8 Å². The van der Waals surface area contributed by atoms with Crippen molar-refractivity contribution in [1.82, 2.24) is 15.1 Å². The number of benzene rings is 1. The van der Waals surface area contributed by atoms with Crippen LogP contribution in [0.2, 0.25) is 0 Å². The van der Waals surface area contributed by atoms with E-state index in [1.807, 2.05) is 6.20 Å². The Morgan fingerprint density at radius 3 is 2.71 bits per heavy atom. The lowest BCUT2D eigenvalue weighted by molar-refractivity contribution is 0.510. The Hall–Kier alpha value is -1.13. The fourth-order valence-corrected chi connectivity index (χ4v) is 3.24. The average Bonchev–Trinajstić information content (AvgIpc) is 2.90. The maximum absolute atomic E-state index is 4.47.